The van der Waals surface area contributed by atoms with Crippen molar-refractivity contribution in [3.05, 3.63) is 119 Å². The number of rotatable bonds is 2. The number of H-pyrrole nitrogens is 2. The van der Waals surface area contributed by atoms with Gasteiger partial charge in [0.05, 0.1) is 22.8 Å². The second kappa shape index (κ2) is 8.46. The molecule has 0 saturated heterocycles. The van der Waals surface area contributed by atoms with Gasteiger partial charge in [0.15, 0.2) is 12.4 Å². The first-order chi connectivity index (χ1) is 18.2. The molecule has 0 unspecified atom stereocenters. The molecule has 0 fully saturated rings. The van der Waals surface area contributed by atoms with Crippen LogP contribution >= 0.6 is 0 Å². The molecule has 6 heteroatoms. The Hall–Kier alpha value is -5.23. The van der Waals surface area contributed by atoms with E-state index in [4.69, 9.17) is 9.97 Å². The van der Waals surface area contributed by atoms with Gasteiger partial charge in [-0.1, -0.05) is 30.3 Å². The number of hydrogen-bond acceptors (Lipinski definition) is 3. The molecule has 7 rings (SSSR count). The van der Waals surface area contributed by atoms with Crippen LogP contribution < -0.4 is 4.73 Å². The van der Waals surface area contributed by atoms with Crippen LogP contribution in [0.4, 0.5) is 0 Å². The Bertz CT molecular complexity index is 1880. The summed E-state index contributed by atoms with van der Waals surface area (Å²) in [6.45, 7) is 0. The fraction of sp³-hybridized carbons (Fsp3) is 0. The lowest BCUT2D eigenvalue weighted by molar-refractivity contribution is -0.605. The number of nitrogens with zero attached hydrogens (tertiary/aromatic N) is 3. The van der Waals surface area contributed by atoms with Gasteiger partial charge in [-0.3, -0.25) is 0 Å². The van der Waals surface area contributed by atoms with Gasteiger partial charge >= 0.3 is 0 Å². The third-order valence-corrected chi connectivity index (χ3v) is 6.55. The average molecular weight is 480 g/mol. The molecule has 0 spiro atoms. The van der Waals surface area contributed by atoms with Gasteiger partial charge in [-0.2, -0.15) is 4.73 Å². The summed E-state index contributed by atoms with van der Waals surface area (Å²) in [4.78, 5) is 17.0. The van der Waals surface area contributed by atoms with Gasteiger partial charge in [-0.05, 0) is 71.8 Å². The van der Waals surface area contributed by atoms with E-state index in [2.05, 4.69) is 40.3 Å². The number of fused-ring (bicyclic) bond motifs is 8. The van der Waals surface area contributed by atoms with Crippen LogP contribution in [0.5, 0.6) is 0 Å². The van der Waals surface area contributed by atoms with Crippen molar-refractivity contribution in [1.29, 1.82) is 0 Å². The molecule has 8 bridgehead atoms. The largest absolute Gasteiger partial charge is 0.619 e. The highest BCUT2D eigenvalue weighted by Gasteiger charge is 2.13. The molecule has 6 nitrogen and oxygen atoms in total. The quantitative estimate of drug-likeness (QED) is 0.216. The van der Waals surface area contributed by atoms with E-state index in [9.17, 15) is 5.21 Å². The number of aromatic nitrogens is 5. The van der Waals surface area contributed by atoms with Crippen molar-refractivity contribution >= 4 is 46.4 Å². The normalized spacial score (nSPS) is 12.2. The molecule has 0 saturated carbocycles. The minimum Gasteiger partial charge on any atom is -0.619 e. The predicted molar refractivity (Wildman–Crippen MR) is 149 cm³/mol. The van der Waals surface area contributed by atoms with Crippen LogP contribution in [0.2, 0.25) is 0 Å². The summed E-state index contributed by atoms with van der Waals surface area (Å²) in [6, 6.07) is 26.2. The Labute approximate surface area is 212 Å². The fourth-order valence-corrected chi connectivity index (χ4v) is 4.86. The second-order valence-electron chi connectivity index (χ2n) is 9.02. The number of hydrogen-bond donors (Lipinski definition) is 2. The van der Waals surface area contributed by atoms with E-state index >= 15 is 0 Å². The summed E-state index contributed by atoms with van der Waals surface area (Å²) in [7, 11) is 0. The monoisotopic (exact) mass is 479 g/mol. The van der Waals surface area contributed by atoms with Gasteiger partial charge < -0.3 is 15.2 Å². The van der Waals surface area contributed by atoms with Crippen LogP contribution in [0, 0.1) is 5.21 Å². The number of benzene rings is 1. The first-order valence-corrected chi connectivity index (χ1v) is 12.0. The maximum Gasteiger partial charge on any atom is 0.180 e. The number of nitrogens with one attached hydrogen (secondary N) is 2. The van der Waals surface area contributed by atoms with Crippen LogP contribution in [-0.4, -0.2) is 19.9 Å². The van der Waals surface area contributed by atoms with Crippen LogP contribution in [-0.2, 0) is 0 Å². The van der Waals surface area contributed by atoms with Crippen molar-refractivity contribution < 1.29 is 4.73 Å². The molecule has 5 aromatic rings. The van der Waals surface area contributed by atoms with E-state index < -0.39 is 0 Å². The predicted octanol–water partition coefficient (Wildman–Crippen LogP) is 6.62. The second-order valence-corrected chi connectivity index (χ2v) is 9.02. The van der Waals surface area contributed by atoms with Crippen LogP contribution in [0.3, 0.4) is 0 Å². The van der Waals surface area contributed by atoms with Gasteiger partial charge in [-0.15, -0.1) is 0 Å². The standard InChI is InChI=1S/C31H21N5O/c37-36-16-14-21(15-17-36)31-28-12-8-24(34-28)18-22-6-10-26(32-22)30(20-4-2-1-3-5-20)27-11-7-23(33-27)19-25-9-13-29(31)35-25/h1-19,32,35H. The van der Waals surface area contributed by atoms with Crippen LogP contribution in [0.15, 0.2) is 91.3 Å². The molecule has 0 atom stereocenters. The zero-order valence-electron chi connectivity index (χ0n) is 19.7. The summed E-state index contributed by atoms with van der Waals surface area (Å²) >= 11 is 0. The highest BCUT2D eigenvalue weighted by atomic mass is 16.5. The topological polar surface area (TPSA) is 84.3 Å². The third-order valence-electron chi connectivity index (χ3n) is 6.55. The summed E-state index contributed by atoms with van der Waals surface area (Å²) in [5, 5.41) is 11.7. The van der Waals surface area contributed by atoms with Crippen molar-refractivity contribution in [2.24, 2.45) is 0 Å². The third kappa shape index (κ3) is 3.90. The highest BCUT2D eigenvalue weighted by Crippen LogP contribution is 2.31. The van der Waals surface area contributed by atoms with E-state index in [1.54, 1.807) is 0 Å². The minimum absolute atomic E-state index is 0.785. The first kappa shape index (κ1) is 21.1. The summed E-state index contributed by atoms with van der Waals surface area (Å²) in [5.74, 6) is 0. The van der Waals surface area contributed by atoms with Gasteiger partial charge in [0, 0.05) is 45.3 Å². The van der Waals surface area contributed by atoms with Crippen molar-refractivity contribution in [2.75, 3.05) is 0 Å². The summed E-state index contributed by atoms with van der Waals surface area (Å²) in [5.41, 5.74) is 11.2. The maximum atomic E-state index is 11.7. The molecule has 37 heavy (non-hydrogen) atoms. The van der Waals surface area contributed by atoms with E-state index in [-0.39, 0.29) is 0 Å². The lowest BCUT2D eigenvalue weighted by Crippen LogP contribution is -2.23. The lowest BCUT2D eigenvalue weighted by atomic mass is 10.0. The van der Waals surface area contributed by atoms with Gasteiger partial charge in [-0.25, -0.2) is 9.97 Å². The van der Waals surface area contributed by atoms with Crippen molar-refractivity contribution in [2.45, 2.75) is 0 Å². The Morgan fingerprint density at radius 1 is 0.568 bits per heavy atom. The molecule has 176 valence electrons. The molecule has 6 heterocycles. The maximum absolute atomic E-state index is 11.7. The molecule has 0 radical (unpaired) electrons. The van der Waals surface area contributed by atoms with E-state index in [1.165, 1.54) is 12.4 Å². The summed E-state index contributed by atoms with van der Waals surface area (Å²) < 4.78 is 0.785. The first-order valence-electron chi connectivity index (χ1n) is 12.0. The molecule has 0 amide bonds. The lowest BCUT2D eigenvalue weighted by Gasteiger charge is -2.03. The Kier molecular flexibility index (Phi) is 4.82. The van der Waals surface area contributed by atoms with Crippen molar-refractivity contribution in [3.8, 4) is 22.3 Å². The Morgan fingerprint density at radius 3 is 1.62 bits per heavy atom. The molecule has 1 aromatic carbocycles. The van der Waals surface area contributed by atoms with Crippen molar-refractivity contribution in [3.63, 3.8) is 0 Å². The van der Waals surface area contributed by atoms with Gasteiger partial charge in [0.1, 0.15) is 0 Å². The molecule has 2 aliphatic heterocycles. The van der Waals surface area contributed by atoms with E-state index in [0.29, 0.717) is 0 Å². The molecular weight excluding hydrogens is 458 g/mol. The summed E-state index contributed by atoms with van der Waals surface area (Å²) in [6.07, 6.45) is 11.1. The molecule has 2 aliphatic rings. The Balaban J connectivity index is 1.57. The molecule has 2 N–H and O–H groups in total. The van der Waals surface area contributed by atoms with E-state index in [0.717, 1.165) is 71.8 Å². The van der Waals surface area contributed by atoms with Crippen LogP contribution in [0.25, 0.3) is 68.6 Å². The minimum atomic E-state index is 0.785. The average Bonchev–Trinajstić information content (AvgIpc) is 3.72. The number of pyridine rings is 1. The fourth-order valence-electron chi connectivity index (χ4n) is 4.86. The van der Waals surface area contributed by atoms with Crippen LogP contribution in [0.1, 0.15) is 22.8 Å². The molecule has 0 aliphatic carbocycles. The van der Waals surface area contributed by atoms with Gasteiger partial charge in [0.2, 0.25) is 0 Å². The zero-order valence-corrected chi connectivity index (χ0v) is 19.7. The molecular formula is C31H21N5O. The number of aromatic amines is 2. The van der Waals surface area contributed by atoms with Gasteiger partial charge in [0.25, 0.3) is 0 Å². The van der Waals surface area contributed by atoms with Crippen molar-refractivity contribution in [1.82, 2.24) is 19.9 Å². The molecule has 4 aromatic heterocycles. The smallest absolute Gasteiger partial charge is 0.180 e. The van der Waals surface area contributed by atoms with E-state index in [1.807, 2.05) is 72.8 Å². The zero-order chi connectivity index (χ0) is 24.8. The highest BCUT2D eigenvalue weighted by molar-refractivity contribution is 5.93. The SMILES string of the molecule is [O-][n+]1ccc(-c2c3nc(cc4ccc([nH]4)c(-c4ccccc4)c4nc(cc5ccc2[nH]5)C=C4)C=C3)cc1. The Morgan fingerprint density at radius 2 is 1.08 bits per heavy atom.